The number of hydrogen-bond donors (Lipinski definition) is 2. The number of nitrogens with one attached hydrogen (secondary N) is 2. The molecular formula is C15H21N3. The van der Waals surface area contributed by atoms with Crippen LogP contribution in [0.5, 0.6) is 0 Å². The van der Waals surface area contributed by atoms with Crippen molar-refractivity contribution in [1.82, 2.24) is 9.88 Å². The van der Waals surface area contributed by atoms with E-state index in [1.54, 1.807) is 0 Å². The van der Waals surface area contributed by atoms with Crippen molar-refractivity contribution in [2.45, 2.75) is 25.3 Å². The number of aromatic amines is 1. The van der Waals surface area contributed by atoms with Gasteiger partial charge in [-0.15, -0.1) is 0 Å². The van der Waals surface area contributed by atoms with Crippen LogP contribution >= 0.6 is 0 Å². The van der Waals surface area contributed by atoms with Gasteiger partial charge in [0.05, 0.1) is 0 Å². The molecule has 1 aliphatic heterocycles. The van der Waals surface area contributed by atoms with Crippen LogP contribution in [0.1, 0.15) is 19.3 Å². The average Bonchev–Trinajstić information content (AvgIpc) is 2.85. The summed E-state index contributed by atoms with van der Waals surface area (Å²) in [6, 6.07) is 9.31. The molecule has 1 saturated heterocycles. The van der Waals surface area contributed by atoms with Gasteiger partial charge in [-0.25, -0.2) is 0 Å². The first-order valence-corrected chi connectivity index (χ1v) is 6.84. The van der Waals surface area contributed by atoms with Gasteiger partial charge in [0.2, 0.25) is 0 Å². The van der Waals surface area contributed by atoms with E-state index in [1.165, 1.54) is 42.4 Å². The smallest absolute Gasteiger partial charge is 0.0455 e. The summed E-state index contributed by atoms with van der Waals surface area (Å²) in [6.45, 7) is 2.29. The van der Waals surface area contributed by atoms with Crippen LogP contribution in [0.2, 0.25) is 0 Å². The summed E-state index contributed by atoms with van der Waals surface area (Å²) in [5, 5.41) is 4.85. The third-order valence-electron chi connectivity index (χ3n) is 4.02. The molecule has 1 atom stereocenters. The predicted octanol–water partition coefficient (Wildman–Crippen LogP) is 3.06. The van der Waals surface area contributed by atoms with Crippen LogP contribution in [0.15, 0.2) is 30.5 Å². The topological polar surface area (TPSA) is 31.1 Å². The van der Waals surface area contributed by atoms with E-state index in [0.29, 0.717) is 6.04 Å². The molecule has 2 N–H and O–H groups in total. The molecule has 3 rings (SSSR count). The second-order valence-electron chi connectivity index (χ2n) is 5.29. The molecular weight excluding hydrogens is 222 g/mol. The van der Waals surface area contributed by atoms with Crippen LogP contribution in [0.3, 0.4) is 0 Å². The quantitative estimate of drug-likeness (QED) is 0.868. The highest BCUT2D eigenvalue weighted by Crippen LogP contribution is 2.19. The van der Waals surface area contributed by atoms with Crippen LogP contribution in [-0.4, -0.2) is 36.1 Å². The number of rotatable bonds is 3. The van der Waals surface area contributed by atoms with E-state index in [4.69, 9.17) is 0 Å². The molecule has 0 amide bonds. The molecule has 1 fully saturated rings. The normalized spacial score (nSPS) is 21.3. The first kappa shape index (κ1) is 11.6. The van der Waals surface area contributed by atoms with Gasteiger partial charge in [0.1, 0.15) is 0 Å². The molecule has 2 aromatic rings. The largest absolute Gasteiger partial charge is 0.383 e. The van der Waals surface area contributed by atoms with E-state index < -0.39 is 0 Å². The number of benzene rings is 1. The molecule has 0 bridgehead atoms. The Hall–Kier alpha value is -1.48. The van der Waals surface area contributed by atoms with Crippen LogP contribution in [0.25, 0.3) is 10.9 Å². The lowest BCUT2D eigenvalue weighted by Crippen LogP contribution is -2.40. The Labute approximate surface area is 108 Å². The SMILES string of the molecule is CN1CCCCC1CNc1ccc2[nH]ccc2c1. The third kappa shape index (κ3) is 2.36. The van der Waals surface area contributed by atoms with Gasteiger partial charge >= 0.3 is 0 Å². The van der Waals surface area contributed by atoms with E-state index in [2.05, 4.69) is 46.5 Å². The van der Waals surface area contributed by atoms with Crippen molar-refractivity contribution in [3.8, 4) is 0 Å². The van der Waals surface area contributed by atoms with E-state index in [1.807, 2.05) is 6.20 Å². The van der Waals surface area contributed by atoms with Crippen molar-refractivity contribution in [1.29, 1.82) is 0 Å². The fourth-order valence-electron chi connectivity index (χ4n) is 2.80. The molecule has 3 heteroatoms. The predicted molar refractivity (Wildman–Crippen MR) is 77.1 cm³/mol. The van der Waals surface area contributed by atoms with Gasteiger partial charge in [-0.05, 0) is 50.7 Å². The Bertz CT molecular complexity index is 517. The number of hydrogen-bond acceptors (Lipinski definition) is 2. The number of likely N-dealkylation sites (N-methyl/N-ethyl adjacent to an activating group) is 1. The minimum Gasteiger partial charge on any atom is -0.383 e. The first-order valence-electron chi connectivity index (χ1n) is 6.84. The number of nitrogens with zero attached hydrogens (tertiary/aromatic N) is 1. The number of piperidine rings is 1. The Balaban J connectivity index is 1.65. The molecule has 3 nitrogen and oxygen atoms in total. The van der Waals surface area contributed by atoms with Crippen molar-refractivity contribution in [3.63, 3.8) is 0 Å². The molecule has 18 heavy (non-hydrogen) atoms. The maximum absolute atomic E-state index is 3.57. The molecule has 1 aromatic carbocycles. The van der Waals surface area contributed by atoms with Gasteiger partial charge < -0.3 is 15.2 Å². The summed E-state index contributed by atoms with van der Waals surface area (Å²) in [5.74, 6) is 0. The highest BCUT2D eigenvalue weighted by Gasteiger charge is 2.18. The molecule has 1 unspecified atom stereocenters. The summed E-state index contributed by atoms with van der Waals surface area (Å²) in [4.78, 5) is 5.70. The fourth-order valence-corrected chi connectivity index (χ4v) is 2.80. The third-order valence-corrected chi connectivity index (χ3v) is 4.02. The van der Waals surface area contributed by atoms with E-state index in [0.717, 1.165) is 6.54 Å². The zero-order valence-electron chi connectivity index (χ0n) is 10.9. The zero-order valence-corrected chi connectivity index (χ0v) is 10.9. The summed E-state index contributed by atoms with van der Waals surface area (Å²) >= 11 is 0. The molecule has 1 aliphatic rings. The highest BCUT2D eigenvalue weighted by molar-refractivity contribution is 5.82. The maximum Gasteiger partial charge on any atom is 0.0455 e. The van der Waals surface area contributed by atoms with Gasteiger partial charge in [0.25, 0.3) is 0 Å². The minimum absolute atomic E-state index is 0.681. The highest BCUT2D eigenvalue weighted by atomic mass is 15.2. The lowest BCUT2D eigenvalue weighted by molar-refractivity contribution is 0.194. The first-order chi connectivity index (χ1) is 8.83. The molecule has 0 radical (unpaired) electrons. The van der Waals surface area contributed by atoms with Gasteiger partial charge in [-0.1, -0.05) is 6.42 Å². The lowest BCUT2D eigenvalue weighted by Gasteiger charge is -2.32. The standard InChI is InChI=1S/C15H21N3/c1-18-9-3-2-4-14(18)11-17-13-5-6-15-12(10-13)7-8-16-15/h5-8,10,14,16-17H,2-4,9,11H2,1H3. The van der Waals surface area contributed by atoms with Crippen molar-refractivity contribution in [3.05, 3.63) is 30.5 Å². The van der Waals surface area contributed by atoms with Crippen LogP contribution in [0.4, 0.5) is 5.69 Å². The molecule has 2 heterocycles. The number of anilines is 1. The second-order valence-corrected chi connectivity index (χ2v) is 5.29. The van der Waals surface area contributed by atoms with Crippen LogP contribution in [0, 0.1) is 0 Å². The second kappa shape index (κ2) is 5.02. The Kier molecular flexibility index (Phi) is 3.24. The van der Waals surface area contributed by atoms with Gasteiger partial charge in [-0.3, -0.25) is 0 Å². The number of H-pyrrole nitrogens is 1. The van der Waals surface area contributed by atoms with E-state index >= 15 is 0 Å². The molecule has 0 saturated carbocycles. The molecule has 0 spiro atoms. The maximum atomic E-state index is 3.57. The van der Waals surface area contributed by atoms with Crippen LogP contribution in [-0.2, 0) is 0 Å². The Morgan fingerprint density at radius 1 is 1.33 bits per heavy atom. The Morgan fingerprint density at radius 3 is 3.17 bits per heavy atom. The van der Waals surface area contributed by atoms with Crippen LogP contribution < -0.4 is 5.32 Å². The van der Waals surface area contributed by atoms with Gasteiger partial charge in [-0.2, -0.15) is 0 Å². The van der Waals surface area contributed by atoms with Crippen molar-refractivity contribution < 1.29 is 0 Å². The van der Waals surface area contributed by atoms with Gasteiger partial charge in [0, 0.05) is 35.4 Å². The van der Waals surface area contributed by atoms with Gasteiger partial charge in [0.15, 0.2) is 0 Å². The summed E-state index contributed by atoms with van der Waals surface area (Å²) < 4.78 is 0. The zero-order chi connectivity index (χ0) is 12.4. The fraction of sp³-hybridized carbons (Fsp3) is 0.467. The van der Waals surface area contributed by atoms with Crippen molar-refractivity contribution in [2.75, 3.05) is 25.5 Å². The van der Waals surface area contributed by atoms with E-state index in [9.17, 15) is 0 Å². The monoisotopic (exact) mass is 243 g/mol. The molecule has 0 aliphatic carbocycles. The number of fused-ring (bicyclic) bond motifs is 1. The minimum atomic E-state index is 0.681. The molecule has 96 valence electrons. The average molecular weight is 243 g/mol. The molecule has 1 aromatic heterocycles. The lowest BCUT2D eigenvalue weighted by atomic mass is 10.0. The van der Waals surface area contributed by atoms with E-state index in [-0.39, 0.29) is 0 Å². The van der Waals surface area contributed by atoms with Crippen molar-refractivity contribution >= 4 is 16.6 Å². The Morgan fingerprint density at radius 2 is 2.28 bits per heavy atom. The number of aromatic nitrogens is 1. The summed E-state index contributed by atoms with van der Waals surface area (Å²) in [7, 11) is 2.24. The summed E-state index contributed by atoms with van der Waals surface area (Å²) in [6.07, 6.45) is 6.02. The van der Waals surface area contributed by atoms with Crippen molar-refractivity contribution in [2.24, 2.45) is 0 Å². The summed E-state index contributed by atoms with van der Waals surface area (Å²) in [5.41, 5.74) is 2.43. The number of likely N-dealkylation sites (tertiary alicyclic amines) is 1.